The van der Waals surface area contributed by atoms with Gasteiger partial charge in [-0.2, -0.15) is 0 Å². The first-order chi connectivity index (χ1) is 8.50. The fourth-order valence-corrected chi connectivity index (χ4v) is 2.19. The van der Waals surface area contributed by atoms with Gasteiger partial charge in [0.1, 0.15) is 5.82 Å². The second kappa shape index (κ2) is 5.11. The van der Waals surface area contributed by atoms with Crippen LogP contribution in [0.5, 0.6) is 11.5 Å². The Balaban J connectivity index is 2.34. The van der Waals surface area contributed by atoms with Crippen LogP contribution in [0, 0.1) is 5.82 Å². The van der Waals surface area contributed by atoms with Gasteiger partial charge in [-0.25, -0.2) is 4.39 Å². The van der Waals surface area contributed by atoms with Gasteiger partial charge in [-0.3, -0.25) is 4.79 Å². The fourth-order valence-electron chi connectivity index (χ4n) is 1.77. The average Bonchev–Trinajstić information content (AvgIpc) is 2.74. The van der Waals surface area contributed by atoms with Gasteiger partial charge in [0.15, 0.2) is 11.5 Å². The highest BCUT2D eigenvalue weighted by Crippen LogP contribution is 2.43. The second-order valence-corrected chi connectivity index (χ2v) is 4.71. The molecule has 2 rings (SSSR count). The lowest BCUT2D eigenvalue weighted by Crippen LogP contribution is -2.15. The summed E-state index contributed by atoms with van der Waals surface area (Å²) in [5.74, 6) is -0.857. The van der Waals surface area contributed by atoms with E-state index in [1.54, 1.807) is 0 Å². The highest BCUT2D eigenvalue weighted by atomic mass is 79.9. The Bertz CT molecular complexity index is 494. The number of carboxylic acids is 1. The topological polar surface area (TPSA) is 81.8 Å². The Morgan fingerprint density at radius 3 is 3.00 bits per heavy atom. The number of hydrogen-bond donors (Lipinski definition) is 2. The lowest BCUT2D eigenvalue weighted by atomic mass is 10.0. The third-order valence-electron chi connectivity index (χ3n) is 2.63. The summed E-state index contributed by atoms with van der Waals surface area (Å²) in [6.45, 7) is 0.00385. The lowest BCUT2D eigenvalue weighted by molar-refractivity contribution is -0.137. The molecule has 1 heterocycles. The Morgan fingerprint density at radius 2 is 2.33 bits per heavy atom. The molecule has 1 aliphatic heterocycles. The standard InChI is InChI=1S/C11H11BrFNO4/c12-5-3-7-11(18-4-17-7)9(10(5)13)6(14)1-2-8(15)16/h3,6H,1-2,4,14H2,(H,15,16). The van der Waals surface area contributed by atoms with E-state index in [0.717, 1.165) is 0 Å². The summed E-state index contributed by atoms with van der Waals surface area (Å²) < 4.78 is 24.6. The fraction of sp³-hybridized carbons (Fsp3) is 0.364. The van der Waals surface area contributed by atoms with Gasteiger partial charge in [-0.05, 0) is 22.4 Å². The third-order valence-corrected chi connectivity index (χ3v) is 3.21. The van der Waals surface area contributed by atoms with Crippen LogP contribution in [0.4, 0.5) is 4.39 Å². The first kappa shape index (κ1) is 13.1. The van der Waals surface area contributed by atoms with E-state index >= 15 is 0 Å². The molecule has 0 aliphatic carbocycles. The number of halogens is 2. The molecule has 0 saturated heterocycles. The summed E-state index contributed by atoms with van der Waals surface area (Å²) in [6.07, 6.45) is -0.0126. The molecule has 1 aromatic rings. The van der Waals surface area contributed by atoms with Crippen LogP contribution in [-0.4, -0.2) is 17.9 Å². The highest BCUT2D eigenvalue weighted by Gasteiger charge is 2.27. The molecule has 18 heavy (non-hydrogen) atoms. The van der Waals surface area contributed by atoms with Gasteiger partial charge >= 0.3 is 5.97 Å². The van der Waals surface area contributed by atoms with Crippen LogP contribution in [0.3, 0.4) is 0 Å². The molecule has 7 heteroatoms. The molecule has 98 valence electrons. The number of fused-ring (bicyclic) bond motifs is 1. The van der Waals surface area contributed by atoms with Gasteiger partial charge in [0.2, 0.25) is 6.79 Å². The maximum atomic E-state index is 14.0. The molecule has 0 saturated carbocycles. The highest BCUT2D eigenvalue weighted by molar-refractivity contribution is 9.10. The molecule has 3 N–H and O–H groups in total. The van der Waals surface area contributed by atoms with E-state index in [0.29, 0.717) is 5.75 Å². The molecule has 1 aliphatic rings. The molecule has 0 radical (unpaired) electrons. The van der Waals surface area contributed by atoms with E-state index in [2.05, 4.69) is 15.9 Å². The van der Waals surface area contributed by atoms with Crippen LogP contribution < -0.4 is 15.2 Å². The molecular formula is C11H11BrFNO4. The maximum absolute atomic E-state index is 14.0. The summed E-state index contributed by atoms with van der Waals surface area (Å²) in [5.41, 5.74) is 5.98. The van der Waals surface area contributed by atoms with Crippen molar-refractivity contribution in [2.24, 2.45) is 5.73 Å². The Morgan fingerprint density at radius 1 is 1.61 bits per heavy atom. The Hall–Kier alpha value is -1.34. The van der Waals surface area contributed by atoms with E-state index in [4.69, 9.17) is 20.3 Å². The van der Waals surface area contributed by atoms with Crippen molar-refractivity contribution < 1.29 is 23.8 Å². The maximum Gasteiger partial charge on any atom is 0.303 e. The van der Waals surface area contributed by atoms with E-state index in [1.165, 1.54) is 6.07 Å². The Labute approximate surface area is 111 Å². The first-order valence-electron chi connectivity index (χ1n) is 5.25. The summed E-state index contributed by atoms with van der Waals surface area (Å²) in [5, 5.41) is 8.61. The molecule has 5 nitrogen and oxygen atoms in total. The second-order valence-electron chi connectivity index (χ2n) is 3.86. The third kappa shape index (κ3) is 2.41. The number of hydrogen-bond acceptors (Lipinski definition) is 4. The number of ether oxygens (including phenoxy) is 2. The van der Waals surface area contributed by atoms with Crippen molar-refractivity contribution in [3.8, 4) is 11.5 Å². The predicted molar refractivity (Wildman–Crippen MR) is 64.0 cm³/mol. The van der Waals surface area contributed by atoms with Crippen molar-refractivity contribution in [1.29, 1.82) is 0 Å². The quantitative estimate of drug-likeness (QED) is 0.889. The molecule has 0 fully saturated rings. The van der Waals surface area contributed by atoms with Crippen molar-refractivity contribution in [3.05, 3.63) is 21.9 Å². The SMILES string of the molecule is NC(CCC(=O)O)c1c(F)c(Br)cc2c1OCO2. The zero-order chi connectivity index (χ0) is 13.3. The van der Waals surface area contributed by atoms with Gasteiger partial charge in [0.25, 0.3) is 0 Å². The van der Waals surface area contributed by atoms with E-state index in [1.807, 2.05) is 0 Å². The summed E-state index contributed by atoms with van der Waals surface area (Å²) in [7, 11) is 0. The zero-order valence-electron chi connectivity index (χ0n) is 9.28. The van der Waals surface area contributed by atoms with Gasteiger partial charge in [-0.1, -0.05) is 0 Å². The number of rotatable bonds is 4. The Kier molecular flexibility index (Phi) is 3.72. The molecule has 0 bridgehead atoms. The molecular weight excluding hydrogens is 309 g/mol. The largest absolute Gasteiger partial charge is 0.481 e. The van der Waals surface area contributed by atoms with Gasteiger partial charge in [0, 0.05) is 18.5 Å². The van der Waals surface area contributed by atoms with Crippen LogP contribution in [0.15, 0.2) is 10.5 Å². The number of nitrogens with two attached hydrogens (primary N) is 1. The first-order valence-corrected chi connectivity index (χ1v) is 6.05. The average molecular weight is 320 g/mol. The van der Waals surface area contributed by atoms with Crippen molar-refractivity contribution in [1.82, 2.24) is 0 Å². The van der Waals surface area contributed by atoms with Gasteiger partial charge in [0.05, 0.1) is 10.0 Å². The lowest BCUT2D eigenvalue weighted by Gasteiger charge is -2.15. The van der Waals surface area contributed by atoms with E-state index < -0.39 is 17.8 Å². The summed E-state index contributed by atoms with van der Waals surface area (Å²) >= 11 is 3.07. The molecule has 1 atom stereocenters. The molecule has 0 aromatic heterocycles. The molecule has 1 aromatic carbocycles. The minimum Gasteiger partial charge on any atom is -0.481 e. The normalized spacial score (nSPS) is 14.6. The predicted octanol–water partition coefficient (Wildman–Crippen LogP) is 2.18. The van der Waals surface area contributed by atoms with Crippen molar-refractivity contribution in [2.45, 2.75) is 18.9 Å². The van der Waals surface area contributed by atoms with E-state index in [9.17, 15) is 9.18 Å². The summed E-state index contributed by atoms with van der Waals surface area (Å²) in [4.78, 5) is 10.5. The van der Waals surface area contributed by atoms with Crippen molar-refractivity contribution >= 4 is 21.9 Å². The number of benzene rings is 1. The zero-order valence-corrected chi connectivity index (χ0v) is 10.9. The van der Waals surface area contributed by atoms with Crippen molar-refractivity contribution in [3.63, 3.8) is 0 Å². The minimum atomic E-state index is -0.977. The van der Waals surface area contributed by atoms with Gasteiger partial charge in [-0.15, -0.1) is 0 Å². The number of carbonyl (C=O) groups is 1. The molecule has 0 amide bonds. The minimum absolute atomic E-state index is 0.00385. The molecule has 0 spiro atoms. The monoisotopic (exact) mass is 319 g/mol. The number of carboxylic acid groups (broad SMARTS) is 1. The van der Waals surface area contributed by atoms with E-state index in [-0.39, 0.29) is 35.4 Å². The molecule has 1 unspecified atom stereocenters. The van der Waals surface area contributed by atoms with Crippen LogP contribution >= 0.6 is 15.9 Å². The van der Waals surface area contributed by atoms with Gasteiger partial charge < -0.3 is 20.3 Å². The van der Waals surface area contributed by atoms with Crippen LogP contribution in [0.2, 0.25) is 0 Å². The smallest absolute Gasteiger partial charge is 0.303 e. The van der Waals surface area contributed by atoms with Crippen molar-refractivity contribution in [2.75, 3.05) is 6.79 Å². The van der Waals surface area contributed by atoms with Crippen LogP contribution in [0.1, 0.15) is 24.4 Å². The van der Waals surface area contributed by atoms with Crippen LogP contribution in [0.25, 0.3) is 0 Å². The number of aliphatic carboxylic acids is 1. The summed E-state index contributed by atoms with van der Waals surface area (Å²) in [6, 6.07) is 0.708. The van der Waals surface area contributed by atoms with Crippen LogP contribution in [-0.2, 0) is 4.79 Å².